The first-order valence-corrected chi connectivity index (χ1v) is 8.30. The number of nitrogens with zero attached hydrogens (tertiary/aromatic N) is 3. The lowest BCUT2D eigenvalue weighted by molar-refractivity contribution is 0.116. The quantitative estimate of drug-likeness (QED) is 0.590. The van der Waals surface area contributed by atoms with Crippen LogP contribution in [0.25, 0.3) is 11.2 Å². The third-order valence-corrected chi connectivity index (χ3v) is 3.91. The minimum absolute atomic E-state index is 0.154. The number of ether oxygens (including phenoxy) is 2. The summed E-state index contributed by atoms with van der Waals surface area (Å²) in [5.41, 5.74) is 2.24. The number of unbranched alkanes of at least 4 members (excludes halogenated alkanes) is 1. The molecule has 3 rings (SSSR count). The molecule has 25 heavy (non-hydrogen) atoms. The van der Waals surface area contributed by atoms with Crippen molar-refractivity contribution in [2.75, 3.05) is 13.7 Å². The highest BCUT2D eigenvalue weighted by atomic mass is 16.5. The molecular weight excluding hydrogens is 318 g/mol. The van der Waals surface area contributed by atoms with Gasteiger partial charge in [-0.1, -0.05) is 30.3 Å². The smallest absolute Gasteiger partial charge is 0.270 e. The molecule has 0 radical (unpaired) electrons. The van der Waals surface area contributed by atoms with Gasteiger partial charge in [-0.2, -0.15) is 4.98 Å². The summed E-state index contributed by atoms with van der Waals surface area (Å²) in [5.74, 6) is 0.472. The molecular formula is C19H21N3O3. The van der Waals surface area contributed by atoms with E-state index in [1.165, 1.54) is 6.20 Å². The van der Waals surface area contributed by atoms with Gasteiger partial charge >= 0.3 is 0 Å². The van der Waals surface area contributed by atoms with Crippen LogP contribution in [0.5, 0.6) is 5.88 Å². The SMILES string of the molecule is COc1ccc2ncc(=O)n(CCCCOCc3ccccc3)c2n1. The summed E-state index contributed by atoms with van der Waals surface area (Å²) < 4.78 is 12.5. The van der Waals surface area contributed by atoms with E-state index in [0.29, 0.717) is 36.8 Å². The highest BCUT2D eigenvalue weighted by Crippen LogP contribution is 2.13. The molecule has 0 saturated carbocycles. The molecule has 0 aliphatic rings. The molecule has 0 amide bonds. The first-order valence-electron chi connectivity index (χ1n) is 8.30. The molecule has 0 bridgehead atoms. The number of hydrogen-bond acceptors (Lipinski definition) is 5. The zero-order valence-electron chi connectivity index (χ0n) is 14.2. The standard InChI is InChI=1S/C19H21N3O3/c1-24-17-10-9-16-19(21-17)22(18(23)13-20-16)11-5-6-12-25-14-15-7-3-2-4-8-15/h2-4,7-10,13H,5-6,11-12,14H2,1H3. The molecule has 0 atom stereocenters. The normalized spacial score (nSPS) is 10.9. The van der Waals surface area contributed by atoms with Gasteiger partial charge in [-0.3, -0.25) is 9.36 Å². The van der Waals surface area contributed by atoms with Crippen molar-refractivity contribution in [1.82, 2.24) is 14.5 Å². The minimum atomic E-state index is -0.154. The summed E-state index contributed by atoms with van der Waals surface area (Å²) in [6.45, 7) is 1.84. The number of aryl methyl sites for hydroxylation is 1. The van der Waals surface area contributed by atoms with Gasteiger partial charge in [-0.15, -0.1) is 0 Å². The number of methoxy groups -OCH3 is 1. The summed E-state index contributed by atoms with van der Waals surface area (Å²) in [4.78, 5) is 20.6. The molecule has 6 heteroatoms. The lowest BCUT2D eigenvalue weighted by Gasteiger charge is -2.10. The second kappa shape index (κ2) is 8.39. The largest absolute Gasteiger partial charge is 0.481 e. The van der Waals surface area contributed by atoms with E-state index < -0.39 is 0 Å². The molecule has 0 aliphatic carbocycles. The zero-order valence-corrected chi connectivity index (χ0v) is 14.2. The maximum atomic E-state index is 12.1. The second-order valence-corrected chi connectivity index (χ2v) is 5.69. The number of rotatable bonds is 8. The summed E-state index contributed by atoms with van der Waals surface area (Å²) in [7, 11) is 1.55. The molecule has 0 spiro atoms. The molecule has 3 aromatic rings. The van der Waals surface area contributed by atoms with E-state index in [-0.39, 0.29) is 5.56 Å². The van der Waals surface area contributed by atoms with Gasteiger partial charge in [0.1, 0.15) is 5.52 Å². The molecule has 1 aromatic carbocycles. The average molecular weight is 339 g/mol. The Morgan fingerprint density at radius 3 is 2.72 bits per heavy atom. The Bertz CT molecular complexity index is 878. The van der Waals surface area contributed by atoms with E-state index in [2.05, 4.69) is 9.97 Å². The minimum Gasteiger partial charge on any atom is -0.481 e. The lowest BCUT2D eigenvalue weighted by atomic mass is 10.2. The molecule has 0 saturated heterocycles. The highest BCUT2D eigenvalue weighted by molar-refractivity contribution is 5.70. The Morgan fingerprint density at radius 2 is 1.92 bits per heavy atom. The number of hydrogen-bond donors (Lipinski definition) is 0. The summed E-state index contributed by atoms with van der Waals surface area (Å²) in [6.07, 6.45) is 3.03. The van der Waals surface area contributed by atoms with Crippen molar-refractivity contribution in [1.29, 1.82) is 0 Å². The van der Waals surface area contributed by atoms with Crippen molar-refractivity contribution in [3.63, 3.8) is 0 Å². The lowest BCUT2D eigenvalue weighted by Crippen LogP contribution is -2.21. The summed E-state index contributed by atoms with van der Waals surface area (Å²) >= 11 is 0. The zero-order chi connectivity index (χ0) is 17.5. The Morgan fingerprint density at radius 1 is 1.08 bits per heavy atom. The number of fused-ring (bicyclic) bond motifs is 1. The van der Waals surface area contributed by atoms with Gasteiger partial charge in [0.05, 0.1) is 19.9 Å². The van der Waals surface area contributed by atoms with Crippen LogP contribution in [0, 0.1) is 0 Å². The Hall–Kier alpha value is -2.73. The molecule has 0 unspecified atom stereocenters. The molecule has 2 aromatic heterocycles. The molecule has 2 heterocycles. The third kappa shape index (κ3) is 4.42. The van der Waals surface area contributed by atoms with Gasteiger partial charge in [0.25, 0.3) is 5.56 Å². The van der Waals surface area contributed by atoms with Crippen molar-refractivity contribution >= 4 is 11.2 Å². The first-order chi connectivity index (χ1) is 12.3. The van der Waals surface area contributed by atoms with E-state index in [1.54, 1.807) is 23.8 Å². The van der Waals surface area contributed by atoms with Crippen LogP contribution in [0.15, 0.2) is 53.5 Å². The molecule has 6 nitrogen and oxygen atoms in total. The van der Waals surface area contributed by atoms with Crippen LogP contribution in [-0.2, 0) is 17.9 Å². The first kappa shape index (κ1) is 17.1. The van der Waals surface area contributed by atoms with Gasteiger partial charge in [0.15, 0.2) is 5.65 Å². The Labute approximate surface area is 146 Å². The van der Waals surface area contributed by atoms with Crippen molar-refractivity contribution in [3.05, 3.63) is 64.6 Å². The van der Waals surface area contributed by atoms with Crippen molar-refractivity contribution in [2.24, 2.45) is 0 Å². The van der Waals surface area contributed by atoms with Crippen LogP contribution in [0.4, 0.5) is 0 Å². The van der Waals surface area contributed by atoms with E-state index in [9.17, 15) is 4.79 Å². The van der Waals surface area contributed by atoms with Gasteiger partial charge in [-0.25, -0.2) is 4.98 Å². The highest BCUT2D eigenvalue weighted by Gasteiger charge is 2.07. The monoisotopic (exact) mass is 339 g/mol. The van der Waals surface area contributed by atoms with Gasteiger partial charge in [0, 0.05) is 19.2 Å². The summed E-state index contributed by atoms with van der Waals surface area (Å²) in [5, 5.41) is 0. The number of benzene rings is 1. The van der Waals surface area contributed by atoms with Crippen LogP contribution in [0.2, 0.25) is 0 Å². The van der Waals surface area contributed by atoms with E-state index >= 15 is 0 Å². The maximum Gasteiger partial charge on any atom is 0.270 e. The second-order valence-electron chi connectivity index (χ2n) is 5.69. The Balaban J connectivity index is 1.56. The predicted molar refractivity (Wildman–Crippen MR) is 95.7 cm³/mol. The fourth-order valence-electron chi connectivity index (χ4n) is 2.59. The Kier molecular flexibility index (Phi) is 5.74. The van der Waals surface area contributed by atoms with Gasteiger partial charge < -0.3 is 9.47 Å². The van der Waals surface area contributed by atoms with E-state index in [0.717, 1.165) is 18.4 Å². The fraction of sp³-hybridized carbons (Fsp3) is 0.316. The van der Waals surface area contributed by atoms with Crippen LogP contribution >= 0.6 is 0 Å². The molecule has 130 valence electrons. The molecule has 0 fully saturated rings. The predicted octanol–water partition coefficient (Wildman–Crippen LogP) is 2.80. The number of aromatic nitrogens is 3. The van der Waals surface area contributed by atoms with Crippen molar-refractivity contribution in [3.8, 4) is 5.88 Å². The van der Waals surface area contributed by atoms with Crippen LogP contribution in [-0.4, -0.2) is 28.3 Å². The number of pyridine rings is 1. The average Bonchev–Trinajstić information content (AvgIpc) is 2.66. The van der Waals surface area contributed by atoms with E-state index in [1.807, 2.05) is 30.3 Å². The van der Waals surface area contributed by atoms with Gasteiger partial charge in [0.2, 0.25) is 5.88 Å². The van der Waals surface area contributed by atoms with Crippen LogP contribution in [0.3, 0.4) is 0 Å². The molecule has 0 aliphatic heterocycles. The third-order valence-electron chi connectivity index (χ3n) is 3.91. The summed E-state index contributed by atoms with van der Waals surface area (Å²) in [6, 6.07) is 13.6. The van der Waals surface area contributed by atoms with E-state index in [4.69, 9.17) is 9.47 Å². The van der Waals surface area contributed by atoms with Crippen molar-refractivity contribution < 1.29 is 9.47 Å². The van der Waals surface area contributed by atoms with Crippen molar-refractivity contribution in [2.45, 2.75) is 26.0 Å². The fourth-order valence-corrected chi connectivity index (χ4v) is 2.59. The topological polar surface area (TPSA) is 66.2 Å². The van der Waals surface area contributed by atoms with Crippen LogP contribution < -0.4 is 10.3 Å². The van der Waals surface area contributed by atoms with Gasteiger partial charge in [-0.05, 0) is 24.5 Å². The molecule has 0 N–H and O–H groups in total. The van der Waals surface area contributed by atoms with Crippen LogP contribution in [0.1, 0.15) is 18.4 Å². The maximum absolute atomic E-state index is 12.1.